The van der Waals surface area contributed by atoms with Crippen molar-refractivity contribution in [2.45, 2.75) is 40.2 Å². The Kier molecular flexibility index (Phi) is 5.51. The van der Waals surface area contributed by atoms with Gasteiger partial charge in [-0.3, -0.25) is 0 Å². The molecule has 0 aromatic heterocycles. The zero-order chi connectivity index (χ0) is 9.61. The fourth-order valence-corrected chi connectivity index (χ4v) is 1.10. The largest absolute Gasteiger partial charge is 0.375 e. The molecule has 1 N–H and O–H groups in total. The van der Waals surface area contributed by atoms with Gasteiger partial charge < -0.3 is 10.1 Å². The Labute approximate surface area is 76.7 Å². The van der Waals surface area contributed by atoms with E-state index in [1.165, 1.54) is 0 Å². The van der Waals surface area contributed by atoms with Crippen molar-refractivity contribution in [1.82, 2.24) is 5.32 Å². The van der Waals surface area contributed by atoms with E-state index in [-0.39, 0.29) is 5.60 Å². The van der Waals surface area contributed by atoms with Crippen LogP contribution >= 0.6 is 0 Å². The predicted octanol–water partition coefficient (Wildman–Crippen LogP) is 2.05. The number of nitrogens with one attached hydrogen (secondary N) is 1. The molecule has 2 nitrogen and oxygen atoms in total. The van der Waals surface area contributed by atoms with Gasteiger partial charge in [-0.15, -0.1) is 0 Å². The van der Waals surface area contributed by atoms with E-state index in [0.29, 0.717) is 5.92 Å². The van der Waals surface area contributed by atoms with Gasteiger partial charge in [-0.2, -0.15) is 0 Å². The Morgan fingerprint density at radius 1 is 1.33 bits per heavy atom. The minimum absolute atomic E-state index is 0.0242. The first-order valence-corrected chi connectivity index (χ1v) is 4.82. The van der Waals surface area contributed by atoms with Gasteiger partial charge in [-0.1, -0.05) is 13.8 Å². The van der Waals surface area contributed by atoms with Crippen molar-refractivity contribution < 1.29 is 4.74 Å². The van der Waals surface area contributed by atoms with Crippen LogP contribution in [0.15, 0.2) is 0 Å². The Bertz CT molecular complexity index is 110. The van der Waals surface area contributed by atoms with Crippen LogP contribution in [0.5, 0.6) is 0 Å². The molecule has 0 saturated carbocycles. The van der Waals surface area contributed by atoms with Crippen LogP contribution in [0.3, 0.4) is 0 Å². The molecule has 0 aliphatic rings. The van der Waals surface area contributed by atoms with E-state index in [4.69, 9.17) is 4.74 Å². The molecule has 0 aliphatic carbocycles. The summed E-state index contributed by atoms with van der Waals surface area (Å²) in [6, 6.07) is 0. The van der Waals surface area contributed by atoms with Crippen LogP contribution in [0.25, 0.3) is 0 Å². The third-order valence-electron chi connectivity index (χ3n) is 1.64. The Hall–Kier alpha value is -0.0800. The Morgan fingerprint density at radius 3 is 2.33 bits per heavy atom. The fraction of sp³-hybridized carbons (Fsp3) is 1.00. The van der Waals surface area contributed by atoms with Crippen molar-refractivity contribution >= 4 is 0 Å². The van der Waals surface area contributed by atoms with Crippen molar-refractivity contribution in [3.8, 4) is 0 Å². The number of rotatable bonds is 6. The maximum Gasteiger partial charge on any atom is 0.0750 e. The molecular weight excluding hydrogens is 150 g/mol. The molecule has 0 aliphatic heterocycles. The third kappa shape index (κ3) is 6.62. The molecule has 0 atom stereocenters. The first kappa shape index (κ1) is 11.9. The van der Waals surface area contributed by atoms with Gasteiger partial charge in [0, 0.05) is 13.2 Å². The zero-order valence-electron chi connectivity index (χ0n) is 9.11. The summed E-state index contributed by atoms with van der Waals surface area (Å²) in [6.45, 7) is 13.5. The van der Waals surface area contributed by atoms with Gasteiger partial charge in [0.15, 0.2) is 0 Å². The topological polar surface area (TPSA) is 21.3 Å². The molecule has 0 unspecified atom stereocenters. The first-order chi connectivity index (χ1) is 5.48. The second-order valence-electron chi connectivity index (χ2n) is 4.22. The van der Waals surface area contributed by atoms with Crippen LogP contribution in [-0.2, 0) is 4.74 Å². The lowest BCUT2D eigenvalue weighted by Crippen LogP contribution is -2.39. The monoisotopic (exact) mass is 173 g/mol. The summed E-state index contributed by atoms with van der Waals surface area (Å²) in [5.74, 6) is 0.711. The van der Waals surface area contributed by atoms with Gasteiger partial charge in [-0.25, -0.2) is 0 Å². The van der Waals surface area contributed by atoms with Gasteiger partial charge >= 0.3 is 0 Å². The minimum Gasteiger partial charge on any atom is -0.375 e. The lowest BCUT2D eigenvalue weighted by atomic mass is 10.1. The van der Waals surface area contributed by atoms with Crippen LogP contribution in [0, 0.1) is 5.92 Å². The number of ether oxygens (including phenoxy) is 1. The molecule has 0 amide bonds. The highest BCUT2D eigenvalue weighted by atomic mass is 16.5. The van der Waals surface area contributed by atoms with Crippen molar-refractivity contribution in [1.29, 1.82) is 0 Å². The highest BCUT2D eigenvalue weighted by molar-refractivity contribution is 4.71. The van der Waals surface area contributed by atoms with Gasteiger partial charge in [-0.05, 0) is 33.2 Å². The summed E-state index contributed by atoms with van der Waals surface area (Å²) < 4.78 is 5.55. The Balaban J connectivity index is 3.46. The SMILES string of the molecule is CCOC(C)(C)CNCC(C)C. The molecule has 0 spiro atoms. The smallest absolute Gasteiger partial charge is 0.0750 e. The summed E-state index contributed by atoms with van der Waals surface area (Å²) in [6.07, 6.45) is 0. The molecule has 0 aromatic rings. The summed E-state index contributed by atoms with van der Waals surface area (Å²) in [7, 11) is 0. The quantitative estimate of drug-likeness (QED) is 0.663. The second-order valence-corrected chi connectivity index (χ2v) is 4.22. The van der Waals surface area contributed by atoms with E-state index < -0.39 is 0 Å². The van der Waals surface area contributed by atoms with Crippen LogP contribution in [-0.4, -0.2) is 25.3 Å². The molecule has 0 fully saturated rings. The Morgan fingerprint density at radius 2 is 1.92 bits per heavy atom. The molecule has 0 bridgehead atoms. The third-order valence-corrected chi connectivity index (χ3v) is 1.64. The van der Waals surface area contributed by atoms with E-state index in [9.17, 15) is 0 Å². The van der Waals surface area contributed by atoms with E-state index in [0.717, 1.165) is 19.7 Å². The molecule has 0 rings (SSSR count). The molecule has 2 heteroatoms. The van der Waals surface area contributed by atoms with E-state index in [1.54, 1.807) is 0 Å². The van der Waals surface area contributed by atoms with Crippen molar-refractivity contribution in [3.63, 3.8) is 0 Å². The highest BCUT2D eigenvalue weighted by Gasteiger charge is 2.16. The second kappa shape index (κ2) is 5.55. The minimum atomic E-state index is -0.0242. The van der Waals surface area contributed by atoms with Gasteiger partial charge in [0.25, 0.3) is 0 Å². The van der Waals surface area contributed by atoms with Gasteiger partial charge in [0.05, 0.1) is 5.60 Å². The normalized spacial score (nSPS) is 12.5. The van der Waals surface area contributed by atoms with E-state index >= 15 is 0 Å². The first-order valence-electron chi connectivity index (χ1n) is 4.82. The summed E-state index contributed by atoms with van der Waals surface area (Å²) in [5, 5.41) is 3.38. The molecule has 0 heterocycles. The summed E-state index contributed by atoms with van der Waals surface area (Å²) in [5.41, 5.74) is -0.0242. The molecule has 0 aromatic carbocycles. The molecule has 12 heavy (non-hydrogen) atoms. The van der Waals surface area contributed by atoms with Gasteiger partial charge in [0.2, 0.25) is 0 Å². The summed E-state index contributed by atoms with van der Waals surface area (Å²) >= 11 is 0. The molecule has 74 valence electrons. The maximum absolute atomic E-state index is 5.55. The van der Waals surface area contributed by atoms with Crippen molar-refractivity contribution in [2.24, 2.45) is 5.92 Å². The fourth-order valence-electron chi connectivity index (χ4n) is 1.10. The van der Waals surface area contributed by atoms with Crippen LogP contribution < -0.4 is 5.32 Å². The van der Waals surface area contributed by atoms with Crippen molar-refractivity contribution in [3.05, 3.63) is 0 Å². The average molecular weight is 173 g/mol. The molecule has 0 radical (unpaired) electrons. The zero-order valence-corrected chi connectivity index (χ0v) is 9.11. The number of hydrogen-bond acceptors (Lipinski definition) is 2. The molecule has 0 saturated heterocycles. The predicted molar refractivity (Wildman–Crippen MR) is 53.4 cm³/mol. The van der Waals surface area contributed by atoms with Crippen LogP contribution in [0.2, 0.25) is 0 Å². The van der Waals surface area contributed by atoms with E-state index in [1.807, 2.05) is 6.92 Å². The average Bonchev–Trinajstić information content (AvgIpc) is 1.85. The van der Waals surface area contributed by atoms with E-state index in [2.05, 4.69) is 33.0 Å². The lowest BCUT2D eigenvalue weighted by Gasteiger charge is -2.25. The highest BCUT2D eigenvalue weighted by Crippen LogP contribution is 2.06. The van der Waals surface area contributed by atoms with Crippen LogP contribution in [0.4, 0.5) is 0 Å². The maximum atomic E-state index is 5.55. The van der Waals surface area contributed by atoms with Crippen molar-refractivity contribution in [2.75, 3.05) is 19.7 Å². The molecular formula is C10H23NO. The lowest BCUT2D eigenvalue weighted by molar-refractivity contribution is -0.00903. The standard InChI is InChI=1S/C10H23NO/c1-6-12-10(4,5)8-11-7-9(2)3/h9,11H,6-8H2,1-5H3. The number of hydrogen-bond donors (Lipinski definition) is 1. The van der Waals surface area contributed by atoms with Crippen LogP contribution in [0.1, 0.15) is 34.6 Å². The summed E-state index contributed by atoms with van der Waals surface area (Å²) in [4.78, 5) is 0. The van der Waals surface area contributed by atoms with Gasteiger partial charge in [0.1, 0.15) is 0 Å².